The van der Waals surface area contributed by atoms with Gasteiger partial charge in [-0.15, -0.1) is 11.3 Å². The molecule has 1 N–H and O–H groups in total. The van der Waals surface area contributed by atoms with Gasteiger partial charge in [-0.2, -0.15) is 0 Å². The monoisotopic (exact) mass is 530 g/mol. The second-order valence-corrected chi connectivity index (χ2v) is 11.3. The van der Waals surface area contributed by atoms with Crippen LogP contribution in [0.25, 0.3) is 69.9 Å². The van der Waals surface area contributed by atoms with E-state index in [0.29, 0.717) is 0 Å². The minimum atomic E-state index is 1.12. The third-order valence-electron chi connectivity index (χ3n) is 8.01. The van der Waals surface area contributed by atoms with Crippen LogP contribution in [-0.4, -0.2) is 11.6 Å². The summed E-state index contributed by atoms with van der Waals surface area (Å²) in [6.45, 7) is 0. The first-order valence-corrected chi connectivity index (χ1v) is 14.4. The second kappa shape index (κ2) is 9.11. The van der Waals surface area contributed by atoms with E-state index in [4.69, 9.17) is 0 Å². The van der Waals surface area contributed by atoms with Gasteiger partial charge in [0.2, 0.25) is 0 Å². The Morgan fingerprint density at radius 2 is 1.05 bits per heavy atom. The van der Waals surface area contributed by atoms with Crippen molar-refractivity contribution in [3.63, 3.8) is 0 Å². The van der Waals surface area contributed by atoms with Crippen LogP contribution in [0.5, 0.6) is 0 Å². The van der Waals surface area contributed by atoms with Crippen LogP contribution in [0.3, 0.4) is 0 Å². The van der Waals surface area contributed by atoms with E-state index in [2.05, 4.69) is 143 Å². The molecule has 0 aliphatic heterocycles. The normalized spacial score (nSPS) is 11.6. The zero-order chi connectivity index (χ0) is 26.6. The molecule has 0 amide bonds. The molecule has 0 radical (unpaired) electrons. The molecular weight excluding hydrogens is 504 g/mol. The molecule has 2 nitrogen and oxygen atoms in total. The van der Waals surface area contributed by atoms with E-state index in [1.54, 1.807) is 0 Å². The van der Waals surface area contributed by atoms with Gasteiger partial charge in [0.25, 0.3) is 0 Å². The van der Waals surface area contributed by atoms with E-state index in [-0.39, 0.29) is 0 Å². The molecule has 6 aromatic carbocycles. The molecule has 8 aromatic rings. The number of fused-ring (bicyclic) bond motifs is 6. The highest BCUT2D eigenvalue weighted by Crippen LogP contribution is 2.41. The molecule has 0 aliphatic carbocycles. The number of rotatable bonds is 4. The number of nitrogens with one attached hydrogen (secondary N) is 1. The fraction of sp³-hybridized carbons (Fsp3) is 0.0270. The smallest absolute Gasteiger partial charge is 0.0541 e. The maximum Gasteiger partial charge on any atom is 0.0541 e. The molecule has 2 heterocycles. The maximum atomic E-state index is 3.21. The zero-order valence-electron chi connectivity index (χ0n) is 22.1. The van der Waals surface area contributed by atoms with Crippen molar-refractivity contribution in [1.29, 1.82) is 0 Å². The van der Waals surface area contributed by atoms with E-state index in [0.717, 1.165) is 5.69 Å². The van der Waals surface area contributed by atoms with Crippen LogP contribution < -0.4 is 5.32 Å². The van der Waals surface area contributed by atoms with Crippen molar-refractivity contribution in [1.82, 2.24) is 4.57 Å². The Kier molecular flexibility index (Phi) is 5.26. The Hall–Kier alpha value is -4.86. The largest absolute Gasteiger partial charge is 0.388 e. The minimum absolute atomic E-state index is 1.12. The number of hydrogen-bond donors (Lipinski definition) is 1. The van der Waals surface area contributed by atoms with Gasteiger partial charge in [-0.1, -0.05) is 78.9 Å². The van der Waals surface area contributed by atoms with Crippen molar-refractivity contribution in [2.24, 2.45) is 0 Å². The van der Waals surface area contributed by atoms with Crippen LogP contribution in [0.2, 0.25) is 0 Å². The second-order valence-electron chi connectivity index (χ2n) is 10.2. The third kappa shape index (κ3) is 3.55. The summed E-state index contributed by atoms with van der Waals surface area (Å²) >= 11 is 1.87. The van der Waals surface area contributed by atoms with Gasteiger partial charge in [0.15, 0.2) is 0 Å². The van der Waals surface area contributed by atoms with Crippen molar-refractivity contribution < 1.29 is 0 Å². The van der Waals surface area contributed by atoms with Gasteiger partial charge < -0.3 is 9.88 Å². The van der Waals surface area contributed by atoms with Crippen LogP contribution in [0.15, 0.2) is 133 Å². The van der Waals surface area contributed by atoms with E-state index in [1.165, 1.54) is 69.9 Å². The van der Waals surface area contributed by atoms with E-state index < -0.39 is 0 Å². The molecule has 8 rings (SSSR count). The summed E-state index contributed by atoms with van der Waals surface area (Å²) in [4.78, 5) is 0. The summed E-state index contributed by atoms with van der Waals surface area (Å²) in [5, 5.41) is 8.39. The molecule has 0 atom stereocenters. The highest BCUT2D eigenvalue weighted by Gasteiger charge is 2.16. The molecule has 0 spiro atoms. The standard InChI is InChI=1S/C37H26N2S/c1-38-27-18-14-24(15-19-27)25-16-20-36-31(22-25)32-23-26(17-21-37(32)40-36)28-8-2-5-11-33(28)39-34-12-6-3-9-29(34)30-10-4-7-13-35(30)39/h2-23,38H,1H3. The first kappa shape index (κ1) is 23.1. The first-order valence-electron chi connectivity index (χ1n) is 13.6. The van der Waals surface area contributed by atoms with Crippen molar-refractivity contribution in [2.45, 2.75) is 0 Å². The molecule has 0 saturated carbocycles. The lowest BCUT2D eigenvalue weighted by atomic mass is 9.99. The fourth-order valence-corrected chi connectivity index (χ4v) is 7.12. The molecule has 40 heavy (non-hydrogen) atoms. The van der Waals surface area contributed by atoms with Gasteiger partial charge in [-0.05, 0) is 71.3 Å². The summed E-state index contributed by atoms with van der Waals surface area (Å²) in [6, 6.07) is 48.7. The summed E-state index contributed by atoms with van der Waals surface area (Å²) < 4.78 is 5.05. The third-order valence-corrected chi connectivity index (χ3v) is 9.16. The zero-order valence-corrected chi connectivity index (χ0v) is 22.9. The average molecular weight is 531 g/mol. The van der Waals surface area contributed by atoms with Crippen LogP contribution in [0.4, 0.5) is 5.69 Å². The molecule has 0 aliphatic rings. The van der Waals surface area contributed by atoms with E-state index in [9.17, 15) is 0 Å². The highest BCUT2D eigenvalue weighted by atomic mass is 32.1. The van der Waals surface area contributed by atoms with Gasteiger partial charge in [-0.3, -0.25) is 0 Å². The molecule has 190 valence electrons. The molecular formula is C37H26N2S. The Labute approximate surface area is 236 Å². The van der Waals surface area contributed by atoms with Crippen LogP contribution in [0, 0.1) is 0 Å². The summed E-state index contributed by atoms with van der Waals surface area (Å²) in [7, 11) is 1.95. The molecule has 0 unspecified atom stereocenters. The first-order chi connectivity index (χ1) is 19.8. The molecule has 0 saturated heterocycles. The Morgan fingerprint density at radius 1 is 0.500 bits per heavy atom. The molecule has 0 fully saturated rings. The lowest BCUT2D eigenvalue weighted by Crippen LogP contribution is -1.96. The highest BCUT2D eigenvalue weighted by molar-refractivity contribution is 7.25. The van der Waals surface area contributed by atoms with Crippen molar-refractivity contribution in [3.05, 3.63) is 133 Å². The Bertz CT molecular complexity index is 2150. The fourth-order valence-electron chi connectivity index (χ4n) is 6.05. The predicted molar refractivity (Wildman–Crippen MR) is 174 cm³/mol. The van der Waals surface area contributed by atoms with Gasteiger partial charge in [0, 0.05) is 49.2 Å². The number of thiophene rings is 1. The van der Waals surface area contributed by atoms with Crippen molar-refractivity contribution in [2.75, 3.05) is 12.4 Å². The molecule has 0 bridgehead atoms. The van der Waals surface area contributed by atoms with E-state index >= 15 is 0 Å². The van der Waals surface area contributed by atoms with Crippen molar-refractivity contribution >= 4 is 59.0 Å². The predicted octanol–water partition coefficient (Wildman–Crippen LogP) is 10.5. The number of hydrogen-bond acceptors (Lipinski definition) is 2. The Morgan fingerprint density at radius 3 is 1.73 bits per heavy atom. The quantitative estimate of drug-likeness (QED) is 0.239. The SMILES string of the molecule is CNc1ccc(-c2ccc3sc4ccc(-c5ccccc5-n5c6ccccc6c6ccccc65)cc4c3c2)cc1. The van der Waals surface area contributed by atoms with Crippen molar-refractivity contribution in [3.8, 4) is 27.9 Å². The number of anilines is 1. The summed E-state index contributed by atoms with van der Waals surface area (Å²) in [5.41, 5.74) is 9.71. The van der Waals surface area contributed by atoms with Crippen LogP contribution in [0.1, 0.15) is 0 Å². The number of para-hydroxylation sites is 3. The lowest BCUT2D eigenvalue weighted by molar-refractivity contribution is 1.18. The Balaban J connectivity index is 1.33. The average Bonchev–Trinajstić information content (AvgIpc) is 3.56. The topological polar surface area (TPSA) is 17.0 Å². The van der Waals surface area contributed by atoms with Gasteiger partial charge in [0.05, 0.1) is 16.7 Å². The van der Waals surface area contributed by atoms with Gasteiger partial charge in [-0.25, -0.2) is 0 Å². The number of nitrogens with zero attached hydrogens (tertiary/aromatic N) is 1. The van der Waals surface area contributed by atoms with Crippen LogP contribution in [-0.2, 0) is 0 Å². The molecule has 2 aromatic heterocycles. The minimum Gasteiger partial charge on any atom is -0.388 e. The number of benzene rings is 6. The number of aromatic nitrogens is 1. The van der Waals surface area contributed by atoms with E-state index in [1.807, 2.05) is 18.4 Å². The maximum absolute atomic E-state index is 3.21. The summed E-state index contributed by atoms with van der Waals surface area (Å²) in [6.07, 6.45) is 0. The summed E-state index contributed by atoms with van der Waals surface area (Å²) in [5.74, 6) is 0. The van der Waals surface area contributed by atoms with Crippen LogP contribution >= 0.6 is 11.3 Å². The van der Waals surface area contributed by atoms with Gasteiger partial charge in [0.1, 0.15) is 0 Å². The molecule has 3 heteroatoms. The lowest BCUT2D eigenvalue weighted by Gasteiger charge is -2.14. The van der Waals surface area contributed by atoms with Gasteiger partial charge >= 0.3 is 0 Å².